The van der Waals surface area contributed by atoms with Gasteiger partial charge in [-0.15, -0.1) is 11.8 Å². The van der Waals surface area contributed by atoms with E-state index in [0.29, 0.717) is 34.3 Å². The van der Waals surface area contributed by atoms with E-state index in [2.05, 4.69) is 20.9 Å². The summed E-state index contributed by atoms with van der Waals surface area (Å²) in [7, 11) is 1.60. The fraction of sp³-hybridized carbons (Fsp3) is 0.118. The van der Waals surface area contributed by atoms with E-state index in [-0.39, 0.29) is 17.4 Å². The van der Waals surface area contributed by atoms with Gasteiger partial charge in [0.1, 0.15) is 17.2 Å². The number of carbonyl (C=O) groups excluding carboxylic acids is 3. The van der Waals surface area contributed by atoms with E-state index in [0.717, 1.165) is 20.9 Å². The van der Waals surface area contributed by atoms with Gasteiger partial charge in [0.05, 0.1) is 29.7 Å². The number of carbonyl (C=O) groups is 3. The Labute approximate surface area is 268 Å². The third kappa shape index (κ3) is 8.71. The van der Waals surface area contributed by atoms with Crippen molar-refractivity contribution in [2.45, 2.75) is 11.8 Å². The zero-order valence-corrected chi connectivity index (χ0v) is 26.2. The van der Waals surface area contributed by atoms with Crippen molar-refractivity contribution in [2.75, 3.05) is 30.1 Å². The van der Waals surface area contributed by atoms with Crippen LogP contribution in [-0.4, -0.2) is 42.2 Å². The molecule has 0 atom stereocenters. The summed E-state index contributed by atoms with van der Waals surface area (Å²) in [4.78, 5) is 44.3. The highest BCUT2D eigenvalue weighted by Gasteiger charge is 2.16. The molecule has 5 rings (SSSR count). The summed E-state index contributed by atoms with van der Waals surface area (Å²) in [5.74, 6) is 0.462. The predicted molar refractivity (Wildman–Crippen MR) is 180 cm³/mol. The number of benzene rings is 4. The highest BCUT2D eigenvalue weighted by Crippen LogP contribution is 2.29. The molecule has 9 nitrogen and oxygen atoms in total. The smallest absolute Gasteiger partial charge is 0.272 e. The molecule has 5 aromatic rings. The molecule has 1 aromatic heterocycles. The Bertz CT molecular complexity index is 1840. The first kappa shape index (κ1) is 31.3. The summed E-state index contributed by atoms with van der Waals surface area (Å²) in [6, 6.07) is 28.6. The second-order valence-electron chi connectivity index (χ2n) is 9.55. The normalized spacial score (nSPS) is 11.1. The lowest BCUT2D eigenvalue weighted by Gasteiger charge is -2.12. The number of nitrogens with zero attached hydrogens (tertiary/aromatic N) is 1. The van der Waals surface area contributed by atoms with Crippen LogP contribution in [-0.2, 0) is 9.59 Å². The van der Waals surface area contributed by atoms with Gasteiger partial charge < -0.3 is 25.4 Å². The molecule has 0 aliphatic rings. The summed E-state index contributed by atoms with van der Waals surface area (Å²) in [5, 5.41) is 8.96. The van der Waals surface area contributed by atoms with Crippen LogP contribution in [0.3, 0.4) is 0 Å². The fourth-order valence-corrected chi connectivity index (χ4v) is 5.85. The Morgan fingerprint density at radius 1 is 0.889 bits per heavy atom. The molecule has 0 aliphatic carbocycles. The van der Waals surface area contributed by atoms with Gasteiger partial charge in [0.2, 0.25) is 5.91 Å². The molecule has 0 bridgehead atoms. The lowest BCUT2D eigenvalue weighted by molar-refractivity contribution is -0.114. The van der Waals surface area contributed by atoms with E-state index in [1.165, 1.54) is 23.1 Å². The predicted octanol–water partition coefficient (Wildman–Crippen LogP) is 6.84. The van der Waals surface area contributed by atoms with Crippen molar-refractivity contribution in [1.29, 1.82) is 0 Å². The van der Waals surface area contributed by atoms with E-state index in [1.54, 1.807) is 79.9 Å². The van der Waals surface area contributed by atoms with E-state index in [4.69, 9.17) is 9.47 Å². The monoisotopic (exact) mass is 638 g/mol. The van der Waals surface area contributed by atoms with Crippen molar-refractivity contribution in [3.05, 3.63) is 114 Å². The number of anilines is 2. The van der Waals surface area contributed by atoms with Gasteiger partial charge in [-0.1, -0.05) is 47.7 Å². The molecule has 1 heterocycles. The zero-order valence-electron chi connectivity index (χ0n) is 24.5. The molecule has 0 radical (unpaired) electrons. The Kier molecular flexibility index (Phi) is 10.5. The zero-order chi connectivity index (χ0) is 31.6. The van der Waals surface area contributed by atoms with Gasteiger partial charge in [-0.05, 0) is 79.2 Å². The molecule has 0 saturated heterocycles. The third-order valence-corrected chi connectivity index (χ3v) is 8.26. The molecule has 45 heavy (non-hydrogen) atoms. The van der Waals surface area contributed by atoms with Crippen LogP contribution in [0.15, 0.2) is 108 Å². The molecule has 11 heteroatoms. The van der Waals surface area contributed by atoms with Crippen LogP contribution in [0, 0.1) is 0 Å². The first-order valence-electron chi connectivity index (χ1n) is 14.0. The van der Waals surface area contributed by atoms with Gasteiger partial charge in [0.15, 0.2) is 5.13 Å². The number of amides is 3. The fourth-order valence-electron chi connectivity index (χ4n) is 4.19. The summed E-state index contributed by atoms with van der Waals surface area (Å²) in [5.41, 5.74) is 2.49. The molecular formula is C34H30N4O5S2. The first-order valence-corrected chi connectivity index (χ1v) is 15.8. The van der Waals surface area contributed by atoms with Gasteiger partial charge in [-0.25, -0.2) is 4.98 Å². The lowest BCUT2D eigenvalue weighted by Crippen LogP contribution is -2.30. The molecule has 0 unspecified atom stereocenters. The molecule has 0 fully saturated rings. The Balaban J connectivity index is 1.25. The Morgan fingerprint density at radius 2 is 1.67 bits per heavy atom. The van der Waals surface area contributed by atoms with E-state index >= 15 is 0 Å². The number of hydrogen-bond donors (Lipinski definition) is 3. The van der Waals surface area contributed by atoms with Crippen molar-refractivity contribution < 1.29 is 23.9 Å². The molecular weight excluding hydrogens is 609 g/mol. The lowest BCUT2D eigenvalue weighted by atomic mass is 10.1. The van der Waals surface area contributed by atoms with Crippen molar-refractivity contribution >= 4 is 67.9 Å². The van der Waals surface area contributed by atoms with Gasteiger partial charge in [0.25, 0.3) is 11.8 Å². The van der Waals surface area contributed by atoms with Crippen LogP contribution >= 0.6 is 23.1 Å². The minimum absolute atomic E-state index is 0.0684. The van der Waals surface area contributed by atoms with Crippen molar-refractivity contribution in [3.63, 3.8) is 0 Å². The van der Waals surface area contributed by atoms with Crippen molar-refractivity contribution in [3.8, 4) is 11.5 Å². The third-order valence-electron chi connectivity index (χ3n) is 6.33. The van der Waals surface area contributed by atoms with Crippen LogP contribution < -0.4 is 25.4 Å². The van der Waals surface area contributed by atoms with Crippen LogP contribution in [0.2, 0.25) is 0 Å². The van der Waals surface area contributed by atoms with E-state index in [1.807, 2.05) is 37.3 Å². The molecule has 3 N–H and O–H groups in total. The van der Waals surface area contributed by atoms with E-state index in [9.17, 15) is 14.4 Å². The SMILES string of the molecule is CCOc1ccc(/C=C(/NC(=O)c2ccccc2)C(=O)Nc2cccc(SCC(=O)Nc3nc4ccc(OC)cc4s3)c2)cc1. The number of hydrogen-bond acceptors (Lipinski definition) is 8. The summed E-state index contributed by atoms with van der Waals surface area (Å²) < 4.78 is 11.7. The van der Waals surface area contributed by atoms with Gasteiger partial charge >= 0.3 is 0 Å². The molecule has 228 valence electrons. The number of thiazole rings is 1. The van der Waals surface area contributed by atoms with Gasteiger partial charge in [-0.2, -0.15) is 0 Å². The first-order chi connectivity index (χ1) is 21.9. The second-order valence-corrected chi connectivity index (χ2v) is 11.6. The number of rotatable bonds is 12. The van der Waals surface area contributed by atoms with E-state index < -0.39 is 11.8 Å². The average Bonchev–Trinajstić information content (AvgIpc) is 3.46. The standard InChI is InChI=1S/C34H30N4O5S2/c1-3-43-25-14-12-22(13-15-25)18-29(36-32(40)23-8-5-4-6-9-23)33(41)35-24-10-7-11-27(19-24)44-21-31(39)38-34-37-28-17-16-26(42-2)20-30(28)45-34/h4-20H,3,21H2,1-2H3,(H,35,41)(H,36,40)(H,37,38,39)/b29-18+. The minimum atomic E-state index is -0.500. The molecule has 0 aliphatic heterocycles. The largest absolute Gasteiger partial charge is 0.497 e. The number of aromatic nitrogens is 1. The van der Waals surface area contributed by atoms with Crippen LogP contribution in [0.4, 0.5) is 10.8 Å². The van der Waals surface area contributed by atoms with Crippen molar-refractivity contribution in [1.82, 2.24) is 10.3 Å². The summed E-state index contributed by atoms with van der Waals surface area (Å²) >= 11 is 2.70. The maximum absolute atomic E-state index is 13.4. The number of methoxy groups -OCH3 is 1. The summed E-state index contributed by atoms with van der Waals surface area (Å²) in [6.45, 7) is 2.44. The minimum Gasteiger partial charge on any atom is -0.497 e. The van der Waals surface area contributed by atoms with Crippen LogP contribution in [0.5, 0.6) is 11.5 Å². The van der Waals surface area contributed by atoms with Gasteiger partial charge in [-0.3, -0.25) is 14.4 Å². The number of ether oxygens (including phenoxy) is 2. The summed E-state index contributed by atoms with van der Waals surface area (Å²) in [6.07, 6.45) is 1.60. The Morgan fingerprint density at radius 3 is 2.42 bits per heavy atom. The number of nitrogens with one attached hydrogen (secondary N) is 3. The number of thioether (sulfide) groups is 1. The Hall–Kier alpha value is -5.13. The molecule has 3 amide bonds. The highest BCUT2D eigenvalue weighted by molar-refractivity contribution is 8.00. The topological polar surface area (TPSA) is 119 Å². The van der Waals surface area contributed by atoms with Gasteiger partial charge in [0, 0.05) is 16.1 Å². The molecule has 0 spiro atoms. The average molecular weight is 639 g/mol. The second kappa shape index (κ2) is 15.0. The number of fused-ring (bicyclic) bond motifs is 1. The maximum Gasteiger partial charge on any atom is 0.272 e. The quantitative estimate of drug-likeness (QED) is 0.101. The molecule has 4 aromatic carbocycles. The maximum atomic E-state index is 13.4. The van der Waals surface area contributed by atoms with Crippen molar-refractivity contribution in [2.24, 2.45) is 0 Å². The van der Waals surface area contributed by atoms with Crippen LogP contribution in [0.1, 0.15) is 22.8 Å². The highest BCUT2D eigenvalue weighted by atomic mass is 32.2. The van der Waals surface area contributed by atoms with Crippen LogP contribution in [0.25, 0.3) is 16.3 Å². The molecule has 0 saturated carbocycles.